The third kappa shape index (κ3) is 4.59. The molecule has 2 heterocycles. The van der Waals surface area contributed by atoms with Crippen molar-refractivity contribution in [3.05, 3.63) is 53.0 Å². The van der Waals surface area contributed by atoms with Gasteiger partial charge in [-0.2, -0.15) is 21.6 Å². The van der Waals surface area contributed by atoms with E-state index in [1.165, 1.54) is 4.72 Å². The number of nitrogens with zero attached hydrogens (tertiary/aromatic N) is 1. The number of carbonyl (C=O) groups is 1. The van der Waals surface area contributed by atoms with Gasteiger partial charge in [-0.1, -0.05) is 35.6 Å². The van der Waals surface area contributed by atoms with Gasteiger partial charge in [0.15, 0.2) is 5.06 Å². The number of benzene rings is 1. The van der Waals surface area contributed by atoms with Gasteiger partial charge < -0.3 is 9.47 Å². The highest BCUT2D eigenvalue weighted by atomic mass is 32.2. The van der Waals surface area contributed by atoms with Crippen molar-refractivity contribution in [3.8, 4) is 5.06 Å². The fourth-order valence-electron chi connectivity index (χ4n) is 2.30. The monoisotopic (exact) mass is 446 g/mol. The molecular formula is C17H13F3N2O5S2. The van der Waals surface area contributed by atoms with Gasteiger partial charge in [-0.3, -0.25) is 4.72 Å². The number of carbonyl (C=O) groups excluding carboxylic acids is 1. The van der Waals surface area contributed by atoms with Crippen LogP contribution in [0.3, 0.4) is 0 Å². The Hall–Kier alpha value is -2.86. The van der Waals surface area contributed by atoms with Gasteiger partial charge in [0, 0.05) is 11.5 Å². The lowest BCUT2D eigenvalue weighted by atomic mass is 10.2. The number of thiophene rings is 1. The van der Waals surface area contributed by atoms with Crippen LogP contribution in [0, 0.1) is 0 Å². The topological polar surface area (TPSA) is 94.6 Å². The van der Waals surface area contributed by atoms with Crippen LogP contribution in [-0.2, 0) is 21.4 Å². The van der Waals surface area contributed by atoms with Gasteiger partial charge in [0.25, 0.3) is 0 Å². The molecule has 0 fully saturated rings. The minimum Gasteiger partial charge on any atom is -0.478 e. The number of ether oxygens (including phenoxy) is 2. The van der Waals surface area contributed by atoms with Crippen LogP contribution in [0.4, 0.5) is 18.9 Å². The predicted molar refractivity (Wildman–Crippen MR) is 100 cm³/mol. The molecule has 0 aliphatic heterocycles. The Balaban J connectivity index is 1.83. The van der Waals surface area contributed by atoms with E-state index < -0.39 is 27.2 Å². The minimum atomic E-state index is -5.71. The number of anilines is 1. The molecule has 29 heavy (non-hydrogen) atoms. The Kier molecular flexibility index (Phi) is 5.66. The number of esters is 1. The Morgan fingerprint density at radius 2 is 1.93 bits per heavy atom. The number of para-hydroxylation sites is 1. The first kappa shape index (κ1) is 20.9. The quantitative estimate of drug-likeness (QED) is 0.577. The first-order chi connectivity index (χ1) is 13.6. The van der Waals surface area contributed by atoms with Crippen LogP contribution in [0.2, 0.25) is 0 Å². The molecule has 0 aliphatic carbocycles. The minimum absolute atomic E-state index is 0.0141. The summed E-state index contributed by atoms with van der Waals surface area (Å²) in [6.07, 6.45) is 0. The second kappa shape index (κ2) is 7.87. The number of pyridine rings is 1. The van der Waals surface area contributed by atoms with Crippen molar-refractivity contribution in [3.63, 3.8) is 0 Å². The van der Waals surface area contributed by atoms with E-state index in [4.69, 9.17) is 4.74 Å². The van der Waals surface area contributed by atoms with Crippen molar-refractivity contribution in [2.75, 3.05) is 11.8 Å². The highest BCUT2D eigenvalue weighted by Gasteiger charge is 2.46. The lowest BCUT2D eigenvalue weighted by molar-refractivity contribution is -0.0429. The van der Waals surface area contributed by atoms with E-state index in [0.717, 1.165) is 24.1 Å². The summed E-state index contributed by atoms with van der Waals surface area (Å²) in [7, 11) is -4.69. The third-order valence-corrected chi connectivity index (χ3v) is 5.77. The van der Waals surface area contributed by atoms with Crippen molar-refractivity contribution >= 4 is 43.9 Å². The molecule has 154 valence electrons. The third-order valence-electron chi connectivity index (χ3n) is 3.65. The standard InChI is InChI=1S/C17H13F3N2O5S2/c1-26-16(23)15-13(22-29(24,25)17(18,19)20)8-14(28-15)27-9-11-7-6-10-4-2-3-5-12(10)21-11/h2-8,22H,9H2,1H3. The molecule has 0 bridgehead atoms. The second-order valence-corrected chi connectivity index (χ2v) is 8.32. The number of alkyl halides is 3. The lowest BCUT2D eigenvalue weighted by Gasteiger charge is -2.10. The zero-order valence-corrected chi connectivity index (χ0v) is 16.3. The number of halogens is 3. The van der Waals surface area contributed by atoms with Gasteiger partial charge in [0.1, 0.15) is 11.5 Å². The van der Waals surface area contributed by atoms with Crippen molar-refractivity contribution in [1.29, 1.82) is 0 Å². The molecule has 2 aromatic heterocycles. The van der Waals surface area contributed by atoms with Gasteiger partial charge in [-0.15, -0.1) is 0 Å². The highest BCUT2D eigenvalue weighted by molar-refractivity contribution is 7.93. The average molecular weight is 446 g/mol. The fourth-order valence-corrected chi connectivity index (χ4v) is 3.81. The summed E-state index contributed by atoms with van der Waals surface area (Å²) in [4.78, 5) is 15.8. The maximum Gasteiger partial charge on any atom is 0.516 e. The van der Waals surface area contributed by atoms with Crippen LogP contribution in [0.1, 0.15) is 15.4 Å². The van der Waals surface area contributed by atoms with E-state index in [1.54, 1.807) is 6.07 Å². The van der Waals surface area contributed by atoms with E-state index in [9.17, 15) is 26.4 Å². The van der Waals surface area contributed by atoms with Crippen LogP contribution in [0.5, 0.6) is 5.06 Å². The Morgan fingerprint density at radius 3 is 2.62 bits per heavy atom. The van der Waals surface area contributed by atoms with E-state index in [1.807, 2.05) is 30.3 Å². The molecule has 1 aromatic carbocycles. The van der Waals surface area contributed by atoms with E-state index in [-0.39, 0.29) is 16.5 Å². The number of hydrogen-bond donors (Lipinski definition) is 1. The predicted octanol–water partition coefficient (Wildman–Crippen LogP) is 3.92. The zero-order chi connectivity index (χ0) is 21.2. The number of sulfonamides is 1. The first-order valence-electron chi connectivity index (χ1n) is 7.89. The molecule has 0 aliphatic rings. The molecule has 0 radical (unpaired) electrons. The van der Waals surface area contributed by atoms with Gasteiger partial charge in [-0.25, -0.2) is 9.78 Å². The number of nitrogens with one attached hydrogen (secondary N) is 1. The molecule has 3 rings (SSSR count). The summed E-state index contributed by atoms with van der Waals surface area (Å²) >= 11 is 0.648. The molecular weight excluding hydrogens is 433 g/mol. The first-order valence-corrected chi connectivity index (χ1v) is 10.2. The maximum atomic E-state index is 12.6. The van der Waals surface area contributed by atoms with E-state index >= 15 is 0 Å². The summed E-state index contributed by atoms with van der Waals surface area (Å²) in [6, 6.07) is 11.9. The van der Waals surface area contributed by atoms with E-state index in [0.29, 0.717) is 17.0 Å². The van der Waals surface area contributed by atoms with Gasteiger partial charge >= 0.3 is 21.5 Å². The molecule has 7 nitrogen and oxygen atoms in total. The average Bonchev–Trinajstić information content (AvgIpc) is 3.06. The molecule has 0 amide bonds. The van der Waals surface area contributed by atoms with Gasteiger partial charge in [0.2, 0.25) is 0 Å². The summed E-state index contributed by atoms with van der Waals surface area (Å²) < 4.78 is 72.0. The van der Waals surface area contributed by atoms with Crippen LogP contribution >= 0.6 is 11.3 Å². The SMILES string of the molecule is COC(=O)c1sc(OCc2ccc3ccccc3n2)cc1NS(=O)(=O)C(F)(F)F. The summed E-state index contributed by atoms with van der Waals surface area (Å²) in [6.45, 7) is -0.0442. The van der Waals surface area contributed by atoms with E-state index in [2.05, 4.69) is 9.72 Å². The molecule has 12 heteroatoms. The highest BCUT2D eigenvalue weighted by Crippen LogP contribution is 2.36. The Morgan fingerprint density at radius 1 is 1.21 bits per heavy atom. The largest absolute Gasteiger partial charge is 0.516 e. The molecule has 0 atom stereocenters. The molecule has 0 unspecified atom stereocenters. The summed E-state index contributed by atoms with van der Waals surface area (Å²) in [5.74, 6) is -1.01. The number of hydrogen-bond acceptors (Lipinski definition) is 7. The normalized spacial score (nSPS) is 12.0. The number of rotatable bonds is 6. The van der Waals surface area contributed by atoms with Crippen molar-refractivity contribution < 1.29 is 35.9 Å². The van der Waals surface area contributed by atoms with Crippen molar-refractivity contribution in [2.24, 2.45) is 0 Å². The van der Waals surface area contributed by atoms with Crippen LogP contribution in [-0.4, -0.2) is 32.0 Å². The zero-order valence-electron chi connectivity index (χ0n) is 14.7. The van der Waals surface area contributed by atoms with Crippen LogP contribution in [0.15, 0.2) is 42.5 Å². The lowest BCUT2D eigenvalue weighted by Crippen LogP contribution is -2.30. The maximum absolute atomic E-state index is 12.6. The summed E-state index contributed by atoms with van der Waals surface area (Å²) in [5.41, 5.74) is -4.86. The number of fused-ring (bicyclic) bond motifs is 1. The molecule has 0 saturated carbocycles. The van der Waals surface area contributed by atoms with Crippen molar-refractivity contribution in [1.82, 2.24) is 4.98 Å². The van der Waals surface area contributed by atoms with Gasteiger partial charge in [-0.05, 0) is 12.1 Å². The molecule has 0 saturated heterocycles. The number of aromatic nitrogens is 1. The second-order valence-electron chi connectivity index (χ2n) is 5.64. The Labute approximate surface area is 167 Å². The van der Waals surface area contributed by atoms with Crippen LogP contribution < -0.4 is 9.46 Å². The fraction of sp³-hybridized carbons (Fsp3) is 0.176. The molecule has 0 spiro atoms. The Bertz CT molecular complexity index is 1160. The summed E-state index contributed by atoms with van der Waals surface area (Å²) in [5, 5.41) is 0.935. The smallest absolute Gasteiger partial charge is 0.478 e. The molecule has 3 aromatic rings. The molecule has 1 N–H and O–H groups in total. The number of methoxy groups -OCH3 is 1. The van der Waals surface area contributed by atoms with Crippen LogP contribution in [0.25, 0.3) is 10.9 Å². The van der Waals surface area contributed by atoms with Gasteiger partial charge in [0.05, 0.1) is 24.0 Å². The van der Waals surface area contributed by atoms with Crippen molar-refractivity contribution in [2.45, 2.75) is 12.1 Å².